The summed E-state index contributed by atoms with van der Waals surface area (Å²) in [6, 6.07) is -0.655. The van der Waals surface area contributed by atoms with E-state index in [-0.39, 0.29) is 5.91 Å². The van der Waals surface area contributed by atoms with E-state index in [4.69, 9.17) is 0 Å². The number of hydrogen-bond acceptors (Lipinski definition) is 3. The number of nitrogens with one attached hydrogen (secondary N) is 1. The Bertz CT molecular complexity index is 320. The fourth-order valence-electron chi connectivity index (χ4n) is 1.76. The van der Waals surface area contributed by atoms with E-state index in [9.17, 15) is 13.2 Å². The molecule has 0 unspecified atom stereocenters. The summed E-state index contributed by atoms with van der Waals surface area (Å²) in [5.41, 5.74) is 0. The summed E-state index contributed by atoms with van der Waals surface area (Å²) < 4.78 is 24.2. The van der Waals surface area contributed by atoms with Crippen LogP contribution in [0.15, 0.2) is 0 Å². The van der Waals surface area contributed by atoms with Crippen LogP contribution in [0.4, 0.5) is 0 Å². The molecule has 1 aliphatic rings. The molecule has 88 valence electrons. The van der Waals surface area contributed by atoms with Crippen LogP contribution in [-0.2, 0) is 14.8 Å². The number of likely N-dealkylation sites (tertiary alicyclic amines) is 1. The molecule has 0 radical (unpaired) electrons. The van der Waals surface area contributed by atoms with Gasteiger partial charge in [-0.1, -0.05) is 0 Å². The summed E-state index contributed by atoms with van der Waals surface area (Å²) in [7, 11) is -3.30. The van der Waals surface area contributed by atoms with Crippen LogP contribution in [0.2, 0.25) is 0 Å². The molecule has 0 spiro atoms. The zero-order valence-electron chi connectivity index (χ0n) is 9.19. The van der Waals surface area contributed by atoms with Crippen LogP contribution >= 0.6 is 0 Å². The van der Waals surface area contributed by atoms with Gasteiger partial charge in [0.05, 0.1) is 12.3 Å². The van der Waals surface area contributed by atoms with E-state index in [1.54, 1.807) is 11.8 Å². The second kappa shape index (κ2) is 4.94. The molecular weight excluding hydrogens is 216 g/mol. The largest absolute Gasteiger partial charge is 0.341 e. The van der Waals surface area contributed by atoms with Gasteiger partial charge in [0.25, 0.3) is 0 Å². The minimum Gasteiger partial charge on any atom is -0.341 e. The van der Waals surface area contributed by atoms with Crippen molar-refractivity contribution in [2.75, 3.05) is 19.3 Å². The van der Waals surface area contributed by atoms with Gasteiger partial charge in [0.2, 0.25) is 15.9 Å². The quantitative estimate of drug-likeness (QED) is 0.743. The highest BCUT2D eigenvalue weighted by Crippen LogP contribution is 2.10. The molecule has 1 amide bonds. The highest BCUT2D eigenvalue weighted by atomic mass is 32.2. The SMILES string of the molecule is C[C@@H](NS(C)(=O)=O)C(=O)N1CCCCC1. The average molecular weight is 234 g/mol. The van der Waals surface area contributed by atoms with Crippen LogP contribution in [0.25, 0.3) is 0 Å². The molecule has 6 heteroatoms. The summed E-state index contributed by atoms with van der Waals surface area (Å²) in [5.74, 6) is -0.125. The van der Waals surface area contributed by atoms with E-state index < -0.39 is 16.1 Å². The van der Waals surface area contributed by atoms with Gasteiger partial charge in [0, 0.05) is 13.1 Å². The maximum atomic E-state index is 11.8. The third-order valence-electron chi connectivity index (χ3n) is 2.43. The van der Waals surface area contributed by atoms with Crippen molar-refractivity contribution in [1.82, 2.24) is 9.62 Å². The van der Waals surface area contributed by atoms with Crippen molar-refractivity contribution in [2.45, 2.75) is 32.2 Å². The molecule has 1 heterocycles. The Balaban J connectivity index is 2.51. The summed E-state index contributed by atoms with van der Waals surface area (Å²) >= 11 is 0. The van der Waals surface area contributed by atoms with Crippen molar-refractivity contribution < 1.29 is 13.2 Å². The van der Waals surface area contributed by atoms with Crippen LogP contribution in [0.1, 0.15) is 26.2 Å². The highest BCUT2D eigenvalue weighted by molar-refractivity contribution is 7.88. The van der Waals surface area contributed by atoms with Gasteiger partial charge in [-0.3, -0.25) is 4.79 Å². The lowest BCUT2D eigenvalue weighted by Gasteiger charge is -2.29. The maximum Gasteiger partial charge on any atom is 0.240 e. The summed E-state index contributed by atoms with van der Waals surface area (Å²) in [5, 5.41) is 0. The minimum absolute atomic E-state index is 0.125. The fraction of sp³-hybridized carbons (Fsp3) is 0.889. The standard InChI is InChI=1S/C9H18N2O3S/c1-8(10-15(2,13)14)9(12)11-6-4-3-5-7-11/h8,10H,3-7H2,1-2H3/t8-/m1/s1. The molecule has 0 aliphatic carbocycles. The average Bonchev–Trinajstić information content (AvgIpc) is 2.15. The van der Waals surface area contributed by atoms with Crippen molar-refractivity contribution >= 4 is 15.9 Å². The zero-order chi connectivity index (χ0) is 11.5. The monoisotopic (exact) mass is 234 g/mol. The lowest BCUT2D eigenvalue weighted by molar-refractivity contribution is -0.133. The van der Waals surface area contributed by atoms with Crippen molar-refractivity contribution in [2.24, 2.45) is 0 Å². The Kier molecular flexibility index (Phi) is 4.10. The number of nitrogens with zero attached hydrogens (tertiary/aromatic N) is 1. The number of carbonyl (C=O) groups is 1. The lowest BCUT2D eigenvalue weighted by atomic mass is 10.1. The second-order valence-electron chi connectivity index (χ2n) is 4.00. The Morgan fingerprint density at radius 2 is 1.80 bits per heavy atom. The molecule has 1 fully saturated rings. The first-order valence-corrected chi connectivity index (χ1v) is 7.05. The number of piperidine rings is 1. The van der Waals surface area contributed by atoms with E-state index in [1.807, 2.05) is 0 Å². The Labute approximate surface area is 90.9 Å². The number of carbonyl (C=O) groups excluding carboxylic acids is 1. The third kappa shape index (κ3) is 4.17. The van der Waals surface area contributed by atoms with Crippen molar-refractivity contribution in [3.8, 4) is 0 Å². The van der Waals surface area contributed by atoms with Gasteiger partial charge in [-0.05, 0) is 26.2 Å². The van der Waals surface area contributed by atoms with Gasteiger partial charge in [-0.25, -0.2) is 13.1 Å². The molecule has 1 atom stereocenters. The summed E-state index contributed by atoms with van der Waals surface area (Å²) in [6.45, 7) is 3.07. The molecule has 1 aliphatic heterocycles. The number of sulfonamides is 1. The van der Waals surface area contributed by atoms with Crippen LogP contribution < -0.4 is 4.72 Å². The third-order valence-corrected chi connectivity index (χ3v) is 3.21. The van der Waals surface area contributed by atoms with Crippen molar-refractivity contribution in [3.63, 3.8) is 0 Å². The Hall–Kier alpha value is -0.620. The van der Waals surface area contributed by atoms with E-state index in [0.29, 0.717) is 0 Å². The van der Waals surface area contributed by atoms with Crippen LogP contribution in [-0.4, -0.2) is 44.6 Å². The molecule has 5 nitrogen and oxygen atoms in total. The van der Waals surface area contributed by atoms with Gasteiger partial charge < -0.3 is 4.90 Å². The molecule has 0 aromatic rings. The summed E-state index contributed by atoms with van der Waals surface area (Å²) in [6.07, 6.45) is 4.24. The highest BCUT2D eigenvalue weighted by Gasteiger charge is 2.23. The summed E-state index contributed by atoms with van der Waals surface area (Å²) in [4.78, 5) is 13.5. The molecule has 1 N–H and O–H groups in total. The molecule has 15 heavy (non-hydrogen) atoms. The van der Waals surface area contributed by atoms with Gasteiger partial charge in [0.15, 0.2) is 0 Å². The second-order valence-corrected chi connectivity index (χ2v) is 5.78. The van der Waals surface area contributed by atoms with E-state index in [2.05, 4.69) is 4.72 Å². The lowest BCUT2D eigenvalue weighted by Crippen LogP contribution is -2.48. The smallest absolute Gasteiger partial charge is 0.240 e. The predicted molar refractivity (Wildman–Crippen MR) is 57.9 cm³/mol. The van der Waals surface area contributed by atoms with E-state index in [0.717, 1.165) is 38.6 Å². The van der Waals surface area contributed by atoms with Gasteiger partial charge >= 0.3 is 0 Å². The number of amides is 1. The van der Waals surface area contributed by atoms with Gasteiger partial charge in [-0.15, -0.1) is 0 Å². The molecule has 0 bridgehead atoms. The van der Waals surface area contributed by atoms with Crippen LogP contribution in [0.3, 0.4) is 0 Å². The topological polar surface area (TPSA) is 66.5 Å². The number of hydrogen-bond donors (Lipinski definition) is 1. The minimum atomic E-state index is -3.30. The molecule has 0 aromatic carbocycles. The predicted octanol–water partition coefficient (Wildman–Crippen LogP) is -0.0634. The van der Waals surface area contributed by atoms with Crippen molar-refractivity contribution in [1.29, 1.82) is 0 Å². The molecule has 1 rings (SSSR count). The maximum absolute atomic E-state index is 11.8. The first-order valence-electron chi connectivity index (χ1n) is 5.16. The van der Waals surface area contributed by atoms with Gasteiger partial charge in [-0.2, -0.15) is 0 Å². The fourth-order valence-corrected chi connectivity index (χ4v) is 2.50. The van der Waals surface area contributed by atoms with Crippen molar-refractivity contribution in [3.05, 3.63) is 0 Å². The molecule has 0 aromatic heterocycles. The Morgan fingerprint density at radius 1 is 1.27 bits per heavy atom. The normalized spacial score (nSPS) is 20.0. The molecule has 0 saturated carbocycles. The van der Waals surface area contributed by atoms with Gasteiger partial charge in [0.1, 0.15) is 0 Å². The first-order chi connectivity index (χ1) is 6.90. The zero-order valence-corrected chi connectivity index (χ0v) is 10.0. The van der Waals surface area contributed by atoms with E-state index in [1.165, 1.54) is 0 Å². The first kappa shape index (κ1) is 12.4. The number of rotatable bonds is 3. The van der Waals surface area contributed by atoms with Crippen LogP contribution in [0, 0.1) is 0 Å². The van der Waals surface area contributed by atoms with Crippen LogP contribution in [0.5, 0.6) is 0 Å². The van der Waals surface area contributed by atoms with E-state index >= 15 is 0 Å². The molecular formula is C9H18N2O3S. The molecule has 1 saturated heterocycles. The Morgan fingerprint density at radius 3 is 2.27 bits per heavy atom.